The minimum absolute atomic E-state index is 0.219. The highest BCUT2D eigenvalue weighted by Crippen LogP contribution is 2.29. The van der Waals surface area contributed by atoms with Gasteiger partial charge in [0.25, 0.3) is 11.8 Å². The number of hydrogen-bond acceptors (Lipinski definition) is 3. The summed E-state index contributed by atoms with van der Waals surface area (Å²) >= 11 is 0. The maximum Gasteiger partial charge on any atom is 0.275 e. The molecule has 0 saturated heterocycles. The van der Waals surface area contributed by atoms with Crippen LogP contribution >= 0.6 is 0 Å². The van der Waals surface area contributed by atoms with E-state index < -0.39 is 0 Å². The fourth-order valence-electron chi connectivity index (χ4n) is 1.32. The molecule has 14 heavy (non-hydrogen) atoms. The van der Waals surface area contributed by atoms with E-state index in [1.54, 1.807) is 7.05 Å². The molecule has 72 valence electrons. The largest absolute Gasteiger partial charge is 0.491 e. The van der Waals surface area contributed by atoms with Crippen molar-refractivity contribution in [1.82, 2.24) is 9.55 Å². The predicted octanol–water partition coefficient (Wildman–Crippen LogP) is 1.50. The van der Waals surface area contributed by atoms with Gasteiger partial charge in [0.1, 0.15) is 5.82 Å². The SMILES string of the molecule is Cn1c(-c2ccccc2)nc(O)c1O. The van der Waals surface area contributed by atoms with Gasteiger partial charge in [-0.05, 0) is 0 Å². The Morgan fingerprint density at radius 1 is 1.14 bits per heavy atom. The Morgan fingerprint density at radius 3 is 2.29 bits per heavy atom. The van der Waals surface area contributed by atoms with Gasteiger partial charge in [0, 0.05) is 12.6 Å². The minimum atomic E-state index is -0.341. The quantitative estimate of drug-likeness (QED) is 0.716. The molecule has 1 aromatic carbocycles. The third-order valence-electron chi connectivity index (χ3n) is 2.08. The van der Waals surface area contributed by atoms with Crippen LogP contribution in [0.3, 0.4) is 0 Å². The molecule has 0 aliphatic carbocycles. The van der Waals surface area contributed by atoms with Crippen molar-refractivity contribution in [3.8, 4) is 23.1 Å². The second-order valence-electron chi connectivity index (χ2n) is 3.01. The minimum Gasteiger partial charge on any atom is -0.491 e. The molecule has 0 fully saturated rings. The average Bonchev–Trinajstić information content (AvgIpc) is 2.47. The summed E-state index contributed by atoms with van der Waals surface area (Å²) in [7, 11) is 1.64. The number of aromatic nitrogens is 2. The van der Waals surface area contributed by atoms with Gasteiger partial charge in [0.2, 0.25) is 0 Å². The summed E-state index contributed by atoms with van der Waals surface area (Å²) in [4.78, 5) is 3.85. The highest BCUT2D eigenvalue weighted by atomic mass is 16.3. The molecule has 0 aliphatic heterocycles. The Labute approximate surface area is 81.1 Å². The summed E-state index contributed by atoms with van der Waals surface area (Å²) in [6.45, 7) is 0. The van der Waals surface area contributed by atoms with Gasteiger partial charge in [-0.15, -0.1) is 0 Å². The van der Waals surface area contributed by atoms with E-state index in [2.05, 4.69) is 4.98 Å². The Hall–Kier alpha value is -1.97. The van der Waals surface area contributed by atoms with Gasteiger partial charge in [-0.3, -0.25) is 4.57 Å². The zero-order chi connectivity index (χ0) is 10.1. The van der Waals surface area contributed by atoms with Crippen LogP contribution in [-0.4, -0.2) is 19.8 Å². The van der Waals surface area contributed by atoms with Crippen LogP contribution in [0.5, 0.6) is 11.8 Å². The summed E-state index contributed by atoms with van der Waals surface area (Å²) < 4.78 is 1.44. The van der Waals surface area contributed by atoms with Gasteiger partial charge in [-0.1, -0.05) is 30.3 Å². The third kappa shape index (κ3) is 1.21. The number of nitrogens with zero attached hydrogens (tertiary/aromatic N) is 2. The maximum atomic E-state index is 9.34. The van der Waals surface area contributed by atoms with E-state index >= 15 is 0 Å². The van der Waals surface area contributed by atoms with Crippen molar-refractivity contribution in [2.24, 2.45) is 7.05 Å². The zero-order valence-corrected chi connectivity index (χ0v) is 7.68. The molecule has 0 atom stereocenters. The van der Waals surface area contributed by atoms with E-state index in [0.717, 1.165) is 5.56 Å². The lowest BCUT2D eigenvalue weighted by Crippen LogP contribution is -1.91. The van der Waals surface area contributed by atoms with Gasteiger partial charge in [0.05, 0.1) is 0 Å². The standard InChI is InChI=1S/C10H10N2O2/c1-12-8(11-9(13)10(12)14)7-5-3-2-4-6-7/h2-6,13-14H,1H3. The molecule has 0 saturated carbocycles. The molecule has 0 amide bonds. The van der Waals surface area contributed by atoms with Crippen LogP contribution in [-0.2, 0) is 7.05 Å². The van der Waals surface area contributed by atoms with E-state index in [0.29, 0.717) is 5.82 Å². The van der Waals surface area contributed by atoms with Gasteiger partial charge >= 0.3 is 0 Å². The normalized spacial score (nSPS) is 10.4. The summed E-state index contributed by atoms with van der Waals surface area (Å²) in [6, 6.07) is 9.37. The Bertz CT molecular complexity index is 449. The smallest absolute Gasteiger partial charge is 0.275 e. The van der Waals surface area contributed by atoms with Crippen LogP contribution in [0.1, 0.15) is 0 Å². The van der Waals surface area contributed by atoms with E-state index in [4.69, 9.17) is 0 Å². The predicted molar refractivity (Wildman–Crippen MR) is 52.0 cm³/mol. The molecule has 4 heteroatoms. The van der Waals surface area contributed by atoms with Crippen molar-refractivity contribution < 1.29 is 10.2 Å². The van der Waals surface area contributed by atoms with Crippen LogP contribution in [0, 0.1) is 0 Å². The second-order valence-corrected chi connectivity index (χ2v) is 3.01. The zero-order valence-electron chi connectivity index (χ0n) is 7.68. The van der Waals surface area contributed by atoms with Crippen LogP contribution in [0.4, 0.5) is 0 Å². The molecule has 1 aromatic heterocycles. The number of aromatic hydroxyl groups is 2. The first kappa shape index (κ1) is 8.62. The fraction of sp³-hybridized carbons (Fsp3) is 0.100. The molecule has 2 N–H and O–H groups in total. The Morgan fingerprint density at radius 2 is 1.79 bits per heavy atom. The lowest BCUT2D eigenvalue weighted by atomic mass is 10.2. The fourth-order valence-corrected chi connectivity index (χ4v) is 1.32. The number of rotatable bonds is 1. The van der Waals surface area contributed by atoms with Crippen molar-refractivity contribution in [1.29, 1.82) is 0 Å². The summed E-state index contributed by atoms with van der Waals surface area (Å²) in [5.74, 6) is -0.0178. The Balaban J connectivity index is 2.58. The molecule has 0 aliphatic rings. The topological polar surface area (TPSA) is 58.3 Å². The van der Waals surface area contributed by atoms with E-state index in [1.807, 2.05) is 30.3 Å². The second kappa shape index (κ2) is 3.06. The molecular weight excluding hydrogens is 180 g/mol. The van der Waals surface area contributed by atoms with Crippen LogP contribution in [0.2, 0.25) is 0 Å². The average molecular weight is 190 g/mol. The monoisotopic (exact) mass is 190 g/mol. The van der Waals surface area contributed by atoms with Gasteiger partial charge in [-0.25, -0.2) is 0 Å². The van der Waals surface area contributed by atoms with Crippen LogP contribution in [0.15, 0.2) is 30.3 Å². The summed E-state index contributed by atoms with van der Waals surface area (Å²) in [5.41, 5.74) is 0.852. The summed E-state index contributed by atoms with van der Waals surface area (Å²) in [5, 5.41) is 18.5. The van der Waals surface area contributed by atoms with E-state index in [9.17, 15) is 10.2 Å². The number of benzene rings is 1. The van der Waals surface area contributed by atoms with Crippen LogP contribution in [0.25, 0.3) is 11.4 Å². The lowest BCUT2D eigenvalue weighted by Gasteiger charge is -2.00. The Kier molecular flexibility index (Phi) is 1.89. The first-order valence-electron chi connectivity index (χ1n) is 4.20. The molecule has 0 bridgehead atoms. The van der Waals surface area contributed by atoms with Crippen molar-refractivity contribution in [2.45, 2.75) is 0 Å². The molecule has 0 radical (unpaired) electrons. The lowest BCUT2D eigenvalue weighted by molar-refractivity contribution is 0.374. The van der Waals surface area contributed by atoms with Crippen molar-refractivity contribution in [3.63, 3.8) is 0 Å². The highest BCUT2D eigenvalue weighted by molar-refractivity contribution is 5.58. The first-order chi connectivity index (χ1) is 6.70. The molecule has 4 nitrogen and oxygen atoms in total. The van der Waals surface area contributed by atoms with Crippen molar-refractivity contribution in [2.75, 3.05) is 0 Å². The molecule has 1 heterocycles. The van der Waals surface area contributed by atoms with Crippen molar-refractivity contribution in [3.05, 3.63) is 30.3 Å². The third-order valence-corrected chi connectivity index (χ3v) is 2.08. The molecule has 0 unspecified atom stereocenters. The van der Waals surface area contributed by atoms with E-state index in [1.165, 1.54) is 4.57 Å². The van der Waals surface area contributed by atoms with Crippen LogP contribution < -0.4 is 0 Å². The van der Waals surface area contributed by atoms with Gasteiger partial charge < -0.3 is 10.2 Å². The molecule has 2 aromatic rings. The van der Waals surface area contributed by atoms with Crippen molar-refractivity contribution >= 4 is 0 Å². The molecule has 0 spiro atoms. The maximum absolute atomic E-state index is 9.34. The number of hydrogen-bond donors (Lipinski definition) is 2. The highest BCUT2D eigenvalue weighted by Gasteiger charge is 2.13. The molecule has 2 rings (SSSR count). The van der Waals surface area contributed by atoms with Gasteiger partial charge in [0.15, 0.2) is 0 Å². The van der Waals surface area contributed by atoms with E-state index in [-0.39, 0.29) is 11.8 Å². The molecular formula is C10H10N2O2. The number of imidazole rings is 1. The first-order valence-corrected chi connectivity index (χ1v) is 4.20. The summed E-state index contributed by atoms with van der Waals surface area (Å²) in [6.07, 6.45) is 0. The van der Waals surface area contributed by atoms with Gasteiger partial charge in [-0.2, -0.15) is 4.98 Å².